The maximum atomic E-state index is 12.7. The van der Waals surface area contributed by atoms with Crippen LogP contribution >= 0.6 is 27.3 Å². The summed E-state index contributed by atoms with van der Waals surface area (Å²) in [7, 11) is 0. The smallest absolute Gasteiger partial charge is 0.264 e. The van der Waals surface area contributed by atoms with E-state index in [1.54, 1.807) is 11.3 Å². The zero-order valence-corrected chi connectivity index (χ0v) is 14.8. The molecule has 0 N–H and O–H groups in total. The summed E-state index contributed by atoms with van der Waals surface area (Å²) in [5.41, 5.74) is 1.44. The van der Waals surface area contributed by atoms with Crippen LogP contribution in [-0.2, 0) is 12.8 Å². The quantitative estimate of drug-likeness (QED) is 0.602. The standard InChI is InChI=1S/C16H23BrN2OS/c17-6-7-18-8-10-19(11-9-18)16(20)15-12-13-4-2-1-3-5-14(13)21-15/h12H,1-11H2. The molecule has 1 amide bonds. The van der Waals surface area contributed by atoms with E-state index < -0.39 is 0 Å². The fourth-order valence-electron chi connectivity index (χ4n) is 3.22. The lowest BCUT2D eigenvalue weighted by Crippen LogP contribution is -2.48. The third-order valence-electron chi connectivity index (χ3n) is 4.52. The van der Waals surface area contributed by atoms with Gasteiger partial charge in [0.25, 0.3) is 5.91 Å². The number of alkyl halides is 1. The lowest BCUT2D eigenvalue weighted by Gasteiger charge is -2.34. The monoisotopic (exact) mass is 370 g/mol. The maximum Gasteiger partial charge on any atom is 0.264 e. The highest BCUT2D eigenvalue weighted by Crippen LogP contribution is 2.29. The normalized spacial score (nSPS) is 20.1. The summed E-state index contributed by atoms with van der Waals surface area (Å²) in [5, 5.41) is 1.01. The number of amides is 1. The van der Waals surface area contributed by atoms with Crippen molar-refractivity contribution in [3.8, 4) is 0 Å². The highest BCUT2D eigenvalue weighted by atomic mass is 79.9. The lowest BCUT2D eigenvalue weighted by atomic mass is 10.1. The summed E-state index contributed by atoms with van der Waals surface area (Å²) in [4.78, 5) is 19.6. The van der Waals surface area contributed by atoms with Crippen molar-refractivity contribution in [2.75, 3.05) is 38.1 Å². The van der Waals surface area contributed by atoms with Crippen molar-refractivity contribution < 1.29 is 4.79 Å². The molecule has 0 aromatic carbocycles. The number of carbonyl (C=O) groups excluding carboxylic acids is 1. The first-order chi connectivity index (χ1) is 10.3. The second-order valence-corrected chi connectivity index (χ2v) is 7.87. The number of rotatable bonds is 3. The van der Waals surface area contributed by atoms with E-state index in [0.717, 1.165) is 49.4 Å². The van der Waals surface area contributed by atoms with E-state index >= 15 is 0 Å². The van der Waals surface area contributed by atoms with E-state index in [-0.39, 0.29) is 5.91 Å². The van der Waals surface area contributed by atoms with Crippen molar-refractivity contribution >= 4 is 33.2 Å². The summed E-state index contributed by atoms with van der Waals surface area (Å²) < 4.78 is 0. The second-order valence-electron chi connectivity index (χ2n) is 5.94. The van der Waals surface area contributed by atoms with E-state index in [1.807, 2.05) is 4.90 Å². The summed E-state index contributed by atoms with van der Waals surface area (Å²) in [6.07, 6.45) is 6.24. The van der Waals surface area contributed by atoms with E-state index in [4.69, 9.17) is 0 Å². The molecule has 3 rings (SSSR count). The van der Waals surface area contributed by atoms with Crippen molar-refractivity contribution in [3.05, 3.63) is 21.4 Å². The SMILES string of the molecule is O=C(c1cc2c(s1)CCCCC2)N1CCN(CCBr)CC1. The molecule has 0 radical (unpaired) electrons. The predicted molar refractivity (Wildman–Crippen MR) is 91.7 cm³/mol. The third-order valence-corrected chi connectivity index (χ3v) is 6.10. The first kappa shape index (κ1) is 15.5. The molecule has 0 saturated carbocycles. The fourth-order valence-corrected chi connectivity index (χ4v) is 4.95. The van der Waals surface area contributed by atoms with Crippen molar-refractivity contribution in [3.63, 3.8) is 0 Å². The van der Waals surface area contributed by atoms with E-state index in [2.05, 4.69) is 26.9 Å². The van der Waals surface area contributed by atoms with E-state index in [1.165, 1.54) is 36.1 Å². The van der Waals surface area contributed by atoms with Gasteiger partial charge < -0.3 is 4.90 Å². The Hall–Kier alpha value is -0.390. The van der Waals surface area contributed by atoms with Crippen LogP contribution in [0.4, 0.5) is 0 Å². The molecule has 1 aliphatic heterocycles. The van der Waals surface area contributed by atoms with Gasteiger partial charge in [0.1, 0.15) is 0 Å². The molecule has 3 nitrogen and oxygen atoms in total. The van der Waals surface area contributed by atoms with Gasteiger partial charge in [-0.15, -0.1) is 11.3 Å². The van der Waals surface area contributed by atoms with Gasteiger partial charge in [-0.25, -0.2) is 0 Å². The summed E-state index contributed by atoms with van der Waals surface area (Å²) in [6, 6.07) is 2.18. The molecule has 2 aliphatic rings. The Labute approximate surface area is 139 Å². The van der Waals surface area contributed by atoms with Crippen LogP contribution in [-0.4, -0.2) is 53.8 Å². The van der Waals surface area contributed by atoms with Gasteiger partial charge in [0.05, 0.1) is 4.88 Å². The van der Waals surface area contributed by atoms with Gasteiger partial charge in [0.15, 0.2) is 0 Å². The molecule has 2 heterocycles. The number of aryl methyl sites for hydroxylation is 2. The van der Waals surface area contributed by atoms with Gasteiger partial charge in [-0.3, -0.25) is 9.69 Å². The lowest BCUT2D eigenvalue weighted by molar-refractivity contribution is 0.0649. The molecular weight excluding hydrogens is 348 g/mol. The molecule has 0 unspecified atom stereocenters. The molecule has 1 aromatic heterocycles. The Kier molecular flexibility index (Phi) is 5.35. The Bertz CT molecular complexity index is 471. The number of fused-ring (bicyclic) bond motifs is 1. The molecule has 1 aromatic rings. The zero-order valence-electron chi connectivity index (χ0n) is 12.4. The van der Waals surface area contributed by atoms with Crippen molar-refractivity contribution in [1.29, 1.82) is 0 Å². The fraction of sp³-hybridized carbons (Fsp3) is 0.688. The minimum absolute atomic E-state index is 0.256. The molecule has 116 valence electrons. The number of halogens is 1. The van der Waals surface area contributed by atoms with Crippen LogP contribution in [0.5, 0.6) is 0 Å². The topological polar surface area (TPSA) is 23.6 Å². The van der Waals surface area contributed by atoms with Gasteiger partial charge in [0, 0.05) is 42.9 Å². The van der Waals surface area contributed by atoms with Crippen molar-refractivity contribution in [2.45, 2.75) is 32.1 Å². The molecule has 0 bridgehead atoms. The van der Waals surface area contributed by atoms with Gasteiger partial charge in [-0.1, -0.05) is 22.4 Å². The number of hydrogen-bond acceptors (Lipinski definition) is 3. The molecule has 1 saturated heterocycles. The number of thiophene rings is 1. The van der Waals surface area contributed by atoms with Crippen LogP contribution in [0, 0.1) is 0 Å². The summed E-state index contributed by atoms with van der Waals surface area (Å²) in [5.74, 6) is 0.256. The predicted octanol–water partition coefficient (Wildman–Crippen LogP) is 3.17. The molecule has 0 spiro atoms. The molecule has 5 heteroatoms. The maximum absolute atomic E-state index is 12.7. The minimum Gasteiger partial charge on any atom is -0.335 e. The number of nitrogens with zero attached hydrogens (tertiary/aromatic N) is 2. The van der Waals surface area contributed by atoms with Crippen molar-refractivity contribution in [1.82, 2.24) is 9.80 Å². The summed E-state index contributed by atoms with van der Waals surface area (Å²) >= 11 is 5.23. The van der Waals surface area contributed by atoms with Gasteiger partial charge in [0.2, 0.25) is 0 Å². The average Bonchev–Trinajstić information content (AvgIpc) is 2.79. The first-order valence-corrected chi connectivity index (χ1v) is 9.91. The highest BCUT2D eigenvalue weighted by Gasteiger charge is 2.24. The van der Waals surface area contributed by atoms with Crippen molar-refractivity contribution in [2.24, 2.45) is 0 Å². The third kappa shape index (κ3) is 3.69. The molecule has 1 aliphatic carbocycles. The Morgan fingerprint density at radius 3 is 2.67 bits per heavy atom. The summed E-state index contributed by atoms with van der Waals surface area (Å²) in [6.45, 7) is 4.82. The average molecular weight is 371 g/mol. The molecule has 1 fully saturated rings. The highest BCUT2D eigenvalue weighted by molar-refractivity contribution is 9.09. The Morgan fingerprint density at radius 1 is 1.14 bits per heavy atom. The second kappa shape index (κ2) is 7.25. The van der Waals surface area contributed by atoms with Crippen LogP contribution in [0.25, 0.3) is 0 Å². The van der Waals surface area contributed by atoms with E-state index in [0.29, 0.717) is 0 Å². The van der Waals surface area contributed by atoms with Crippen LogP contribution in [0.2, 0.25) is 0 Å². The Morgan fingerprint density at radius 2 is 1.90 bits per heavy atom. The van der Waals surface area contributed by atoms with Crippen LogP contribution in [0.3, 0.4) is 0 Å². The van der Waals surface area contributed by atoms with Gasteiger partial charge in [-0.05, 0) is 37.3 Å². The minimum atomic E-state index is 0.256. The number of carbonyl (C=O) groups is 1. The van der Waals surface area contributed by atoms with Crippen LogP contribution < -0.4 is 0 Å². The zero-order chi connectivity index (χ0) is 14.7. The van der Waals surface area contributed by atoms with Gasteiger partial charge in [-0.2, -0.15) is 0 Å². The number of hydrogen-bond donors (Lipinski definition) is 0. The first-order valence-electron chi connectivity index (χ1n) is 7.97. The molecule has 0 atom stereocenters. The number of piperazine rings is 1. The molecule has 21 heavy (non-hydrogen) atoms. The largest absolute Gasteiger partial charge is 0.335 e. The Balaban J connectivity index is 1.63. The molecular formula is C16H23BrN2OS. The van der Waals surface area contributed by atoms with Gasteiger partial charge >= 0.3 is 0 Å². The van der Waals surface area contributed by atoms with Crippen LogP contribution in [0.15, 0.2) is 6.07 Å². The van der Waals surface area contributed by atoms with E-state index in [9.17, 15) is 4.79 Å². The van der Waals surface area contributed by atoms with Crippen LogP contribution in [0.1, 0.15) is 39.4 Å².